The van der Waals surface area contributed by atoms with Gasteiger partial charge in [-0.15, -0.1) is 0 Å². The summed E-state index contributed by atoms with van der Waals surface area (Å²) in [6.07, 6.45) is 2.89. The number of rotatable bonds is 4. The predicted molar refractivity (Wildman–Crippen MR) is 75.9 cm³/mol. The molecule has 3 heteroatoms. The third kappa shape index (κ3) is 2.15. The van der Waals surface area contributed by atoms with Crippen molar-refractivity contribution in [2.24, 2.45) is 5.92 Å². The Hall–Kier alpha value is -1.38. The van der Waals surface area contributed by atoms with Crippen LogP contribution in [-0.2, 0) is 10.2 Å². The van der Waals surface area contributed by atoms with Crippen LogP contribution in [0.2, 0.25) is 0 Å². The molecule has 1 aliphatic heterocycles. The number of halogens is 1. The SMILES string of the molecule is CCC(CC)CC1(C)C(=O)N(C)c2ccc(F)cc21. The second-order valence-electron chi connectivity index (χ2n) is 5.74. The van der Waals surface area contributed by atoms with Crippen LogP contribution in [0.1, 0.15) is 45.6 Å². The first-order chi connectivity index (χ1) is 8.93. The van der Waals surface area contributed by atoms with Gasteiger partial charge in [0.25, 0.3) is 0 Å². The van der Waals surface area contributed by atoms with E-state index in [0.717, 1.165) is 30.5 Å². The molecule has 1 unspecified atom stereocenters. The van der Waals surface area contributed by atoms with Crippen LogP contribution in [0.4, 0.5) is 10.1 Å². The van der Waals surface area contributed by atoms with Crippen LogP contribution in [-0.4, -0.2) is 13.0 Å². The fourth-order valence-electron chi connectivity index (χ4n) is 3.19. The molecule has 0 fully saturated rings. The summed E-state index contributed by atoms with van der Waals surface area (Å²) in [5.41, 5.74) is 1.11. The molecule has 1 aromatic rings. The molecule has 0 saturated heterocycles. The number of carbonyl (C=O) groups excluding carboxylic acids is 1. The smallest absolute Gasteiger partial charge is 0.237 e. The van der Waals surface area contributed by atoms with E-state index in [2.05, 4.69) is 13.8 Å². The van der Waals surface area contributed by atoms with Gasteiger partial charge < -0.3 is 4.90 Å². The van der Waals surface area contributed by atoms with E-state index >= 15 is 0 Å². The first kappa shape index (κ1) is 14.0. The van der Waals surface area contributed by atoms with Crippen molar-refractivity contribution in [3.8, 4) is 0 Å². The minimum Gasteiger partial charge on any atom is -0.314 e. The van der Waals surface area contributed by atoms with Gasteiger partial charge in [0, 0.05) is 12.7 Å². The maximum atomic E-state index is 13.5. The lowest BCUT2D eigenvalue weighted by molar-refractivity contribution is -0.123. The summed E-state index contributed by atoms with van der Waals surface area (Å²) in [5, 5.41) is 0. The van der Waals surface area contributed by atoms with Crippen LogP contribution < -0.4 is 4.90 Å². The number of carbonyl (C=O) groups is 1. The normalized spacial score (nSPS) is 22.2. The fraction of sp³-hybridized carbons (Fsp3) is 0.562. The van der Waals surface area contributed by atoms with Crippen molar-refractivity contribution in [2.45, 2.75) is 45.4 Å². The number of benzene rings is 1. The number of likely N-dealkylation sites (N-methyl/N-ethyl adjacent to an activating group) is 1. The fourth-order valence-corrected chi connectivity index (χ4v) is 3.19. The molecule has 0 aliphatic carbocycles. The second kappa shape index (κ2) is 4.95. The van der Waals surface area contributed by atoms with E-state index in [-0.39, 0.29) is 11.7 Å². The topological polar surface area (TPSA) is 20.3 Å². The molecular weight excluding hydrogens is 241 g/mol. The van der Waals surface area contributed by atoms with Gasteiger partial charge in [0.2, 0.25) is 5.91 Å². The lowest BCUT2D eigenvalue weighted by atomic mass is 9.75. The first-order valence-corrected chi connectivity index (χ1v) is 7.02. The van der Waals surface area contributed by atoms with E-state index < -0.39 is 5.41 Å². The minimum absolute atomic E-state index is 0.0833. The summed E-state index contributed by atoms with van der Waals surface area (Å²) in [6.45, 7) is 6.25. The zero-order valence-corrected chi connectivity index (χ0v) is 12.2. The van der Waals surface area contributed by atoms with Gasteiger partial charge in [-0.25, -0.2) is 4.39 Å². The molecule has 2 rings (SSSR count). The number of hydrogen-bond donors (Lipinski definition) is 0. The van der Waals surface area contributed by atoms with E-state index in [0.29, 0.717) is 5.92 Å². The Morgan fingerprint density at radius 1 is 1.32 bits per heavy atom. The van der Waals surface area contributed by atoms with E-state index in [1.54, 1.807) is 18.0 Å². The van der Waals surface area contributed by atoms with Gasteiger partial charge in [-0.05, 0) is 43.0 Å². The highest BCUT2D eigenvalue weighted by molar-refractivity contribution is 6.07. The predicted octanol–water partition coefficient (Wildman–Crippen LogP) is 3.89. The molecule has 0 saturated carbocycles. The number of anilines is 1. The summed E-state index contributed by atoms with van der Waals surface area (Å²) >= 11 is 0. The highest BCUT2D eigenvalue weighted by atomic mass is 19.1. The van der Waals surface area contributed by atoms with Gasteiger partial charge in [0.15, 0.2) is 0 Å². The van der Waals surface area contributed by atoms with Crippen LogP contribution in [0, 0.1) is 11.7 Å². The summed E-state index contributed by atoms with van der Waals surface area (Å²) < 4.78 is 13.5. The van der Waals surface area contributed by atoms with Crippen molar-refractivity contribution < 1.29 is 9.18 Å². The molecule has 104 valence electrons. The van der Waals surface area contributed by atoms with E-state index in [9.17, 15) is 9.18 Å². The largest absolute Gasteiger partial charge is 0.314 e. The van der Waals surface area contributed by atoms with Crippen molar-refractivity contribution in [3.05, 3.63) is 29.6 Å². The van der Waals surface area contributed by atoms with Crippen LogP contribution in [0.3, 0.4) is 0 Å². The van der Waals surface area contributed by atoms with Crippen molar-refractivity contribution in [1.82, 2.24) is 0 Å². The third-order valence-corrected chi connectivity index (χ3v) is 4.54. The molecule has 0 N–H and O–H groups in total. The molecule has 1 heterocycles. The molecule has 1 atom stereocenters. The van der Waals surface area contributed by atoms with Gasteiger partial charge in [0.1, 0.15) is 5.82 Å². The van der Waals surface area contributed by atoms with Crippen molar-refractivity contribution in [2.75, 3.05) is 11.9 Å². The monoisotopic (exact) mass is 263 g/mol. The lowest BCUT2D eigenvalue weighted by Crippen LogP contribution is -2.37. The summed E-state index contributed by atoms with van der Waals surface area (Å²) in [4.78, 5) is 14.2. The van der Waals surface area contributed by atoms with E-state index in [1.165, 1.54) is 12.1 Å². The highest BCUT2D eigenvalue weighted by Gasteiger charge is 2.46. The molecule has 1 aliphatic rings. The molecule has 0 radical (unpaired) electrons. The third-order valence-electron chi connectivity index (χ3n) is 4.54. The molecule has 1 aromatic carbocycles. The Kier molecular flexibility index (Phi) is 3.66. The first-order valence-electron chi connectivity index (χ1n) is 7.02. The Morgan fingerprint density at radius 2 is 1.95 bits per heavy atom. The van der Waals surface area contributed by atoms with Gasteiger partial charge in [-0.2, -0.15) is 0 Å². The lowest BCUT2D eigenvalue weighted by Gasteiger charge is -2.27. The Balaban J connectivity index is 2.46. The Bertz CT molecular complexity index is 496. The summed E-state index contributed by atoms with van der Waals surface area (Å²) in [6, 6.07) is 4.66. The maximum absolute atomic E-state index is 13.5. The van der Waals surface area contributed by atoms with Crippen LogP contribution in [0.15, 0.2) is 18.2 Å². The average Bonchev–Trinajstić information content (AvgIpc) is 2.59. The van der Waals surface area contributed by atoms with Crippen molar-refractivity contribution in [1.29, 1.82) is 0 Å². The van der Waals surface area contributed by atoms with Crippen LogP contribution in [0.25, 0.3) is 0 Å². The van der Waals surface area contributed by atoms with Crippen LogP contribution in [0.5, 0.6) is 0 Å². The number of nitrogens with zero attached hydrogens (tertiary/aromatic N) is 1. The number of fused-ring (bicyclic) bond motifs is 1. The maximum Gasteiger partial charge on any atom is 0.237 e. The summed E-state index contributed by atoms with van der Waals surface area (Å²) in [5.74, 6) is 0.314. The van der Waals surface area contributed by atoms with E-state index in [1.807, 2.05) is 6.92 Å². The minimum atomic E-state index is -0.580. The number of hydrogen-bond acceptors (Lipinski definition) is 1. The Morgan fingerprint density at radius 3 is 2.53 bits per heavy atom. The van der Waals surface area contributed by atoms with Crippen molar-refractivity contribution >= 4 is 11.6 Å². The molecule has 0 bridgehead atoms. The number of amides is 1. The van der Waals surface area contributed by atoms with Gasteiger partial charge in [-0.1, -0.05) is 26.7 Å². The molecule has 0 spiro atoms. The highest BCUT2D eigenvalue weighted by Crippen LogP contribution is 2.45. The molecule has 1 amide bonds. The van der Waals surface area contributed by atoms with Gasteiger partial charge in [0.05, 0.1) is 5.41 Å². The quantitative estimate of drug-likeness (QED) is 0.807. The zero-order chi connectivity index (χ0) is 14.2. The molecule has 0 aromatic heterocycles. The molecule has 2 nitrogen and oxygen atoms in total. The summed E-state index contributed by atoms with van der Waals surface area (Å²) in [7, 11) is 1.78. The Labute approximate surface area is 114 Å². The van der Waals surface area contributed by atoms with Crippen molar-refractivity contribution in [3.63, 3.8) is 0 Å². The second-order valence-corrected chi connectivity index (χ2v) is 5.74. The van der Waals surface area contributed by atoms with E-state index in [4.69, 9.17) is 0 Å². The van der Waals surface area contributed by atoms with Crippen LogP contribution >= 0.6 is 0 Å². The average molecular weight is 263 g/mol. The van der Waals surface area contributed by atoms with Gasteiger partial charge >= 0.3 is 0 Å². The molecule has 19 heavy (non-hydrogen) atoms. The van der Waals surface area contributed by atoms with Gasteiger partial charge in [-0.3, -0.25) is 4.79 Å². The molecular formula is C16H22FNO. The standard InChI is InChI=1S/C16H22FNO/c1-5-11(6-2)10-16(3)13-9-12(17)7-8-14(13)18(4)15(16)19/h7-9,11H,5-6,10H2,1-4H3. The zero-order valence-electron chi connectivity index (χ0n) is 12.2.